The third-order valence-electron chi connectivity index (χ3n) is 1.41. The van der Waals surface area contributed by atoms with Crippen molar-refractivity contribution in [3.05, 3.63) is 42.6 Å². The maximum atomic E-state index is 12.1. The fourth-order valence-electron chi connectivity index (χ4n) is 0.882. The number of halogens is 2. The SMILES string of the molecule is C=CNc1cccc(C(F)F)c1. The van der Waals surface area contributed by atoms with Crippen molar-refractivity contribution in [1.29, 1.82) is 0 Å². The second kappa shape index (κ2) is 3.85. The van der Waals surface area contributed by atoms with Crippen LogP contribution in [-0.2, 0) is 0 Å². The highest BCUT2D eigenvalue weighted by Crippen LogP contribution is 2.21. The van der Waals surface area contributed by atoms with Gasteiger partial charge < -0.3 is 5.32 Å². The molecule has 1 aromatic carbocycles. The normalized spacial score (nSPS) is 9.92. The molecule has 0 aromatic heterocycles. The molecule has 3 heteroatoms. The molecule has 0 bridgehead atoms. The molecule has 0 radical (unpaired) electrons. The minimum atomic E-state index is -2.42. The Morgan fingerprint density at radius 3 is 2.75 bits per heavy atom. The Morgan fingerprint density at radius 2 is 2.17 bits per heavy atom. The van der Waals surface area contributed by atoms with Gasteiger partial charge in [0.2, 0.25) is 0 Å². The van der Waals surface area contributed by atoms with E-state index in [9.17, 15) is 8.78 Å². The van der Waals surface area contributed by atoms with Crippen LogP contribution in [0.4, 0.5) is 14.5 Å². The standard InChI is InChI=1S/C9H9F2N/c1-2-12-8-5-3-4-7(6-8)9(10)11/h2-6,9,12H,1H2. The van der Waals surface area contributed by atoms with Gasteiger partial charge >= 0.3 is 0 Å². The Hall–Kier alpha value is -1.38. The van der Waals surface area contributed by atoms with Crippen molar-refractivity contribution in [3.63, 3.8) is 0 Å². The van der Waals surface area contributed by atoms with Gasteiger partial charge in [0.15, 0.2) is 0 Å². The van der Waals surface area contributed by atoms with Crippen LogP contribution in [0.5, 0.6) is 0 Å². The van der Waals surface area contributed by atoms with Gasteiger partial charge in [-0.2, -0.15) is 0 Å². The summed E-state index contributed by atoms with van der Waals surface area (Å²) in [5.41, 5.74) is 0.643. The summed E-state index contributed by atoms with van der Waals surface area (Å²) in [6.07, 6.45) is -0.971. The van der Waals surface area contributed by atoms with Gasteiger partial charge in [-0.25, -0.2) is 8.78 Å². The van der Waals surface area contributed by atoms with E-state index in [1.165, 1.54) is 18.3 Å². The van der Waals surface area contributed by atoms with Crippen molar-refractivity contribution in [2.75, 3.05) is 5.32 Å². The summed E-state index contributed by atoms with van der Waals surface area (Å²) in [4.78, 5) is 0. The van der Waals surface area contributed by atoms with E-state index in [-0.39, 0.29) is 5.56 Å². The van der Waals surface area contributed by atoms with Crippen LogP contribution in [0.2, 0.25) is 0 Å². The van der Waals surface area contributed by atoms with E-state index in [1.807, 2.05) is 0 Å². The van der Waals surface area contributed by atoms with Crippen molar-refractivity contribution < 1.29 is 8.78 Å². The fourth-order valence-corrected chi connectivity index (χ4v) is 0.882. The summed E-state index contributed by atoms with van der Waals surface area (Å²) in [5.74, 6) is 0. The van der Waals surface area contributed by atoms with Gasteiger partial charge in [-0.3, -0.25) is 0 Å². The zero-order valence-electron chi connectivity index (χ0n) is 6.43. The van der Waals surface area contributed by atoms with Gasteiger partial charge in [-0.05, 0) is 18.3 Å². The summed E-state index contributed by atoms with van der Waals surface area (Å²) < 4.78 is 24.3. The van der Waals surface area contributed by atoms with Crippen LogP contribution in [0, 0.1) is 0 Å². The maximum absolute atomic E-state index is 12.1. The summed E-state index contributed by atoms with van der Waals surface area (Å²) >= 11 is 0. The molecule has 0 saturated carbocycles. The average molecular weight is 169 g/mol. The summed E-state index contributed by atoms with van der Waals surface area (Å²) in [7, 11) is 0. The largest absolute Gasteiger partial charge is 0.362 e. The first-order chi connectivity index (χ1) is 5.74. The number of anilines is 1. The smallest absolute Gasteiger partial charge is 0.263 e. The lowest BCUT2D eigenvalue weighted by molar-refractivity contribution is 0.151. The molecule has 0 fully saturated rings. The third-order valence-corrected chi connectivity index (χ3v) is 1.41. The van der Waals surface area contributed by atoms with E-state index < -0.39 is 6.43 Å². The molecule has 0 spiro atoms. The molecular formula is C9H9F2N. The van der Waals surface area contributed by atoms with Crippen molar-refractivity contribution in [2.45, 2.75) is 6.43 Å². The predicted octanol–water partition coefficient (Wildman–Crippen LogP) is 3.18. The lowest BCUT2D eigenvalue weighted by Gasteiger charge is -2.03. The van der Waals surface area contributed by atoms with Crippen LogP contribution < -0.4 is 5.32 Å². The number of benzene rings is 1. The number of hydrogen-bond donors (Lipinski definition) is 1. The second-order valence-electron chi connectivity index (χ2n) is 2.27. The summed E-state index contributed by atoms with van der Waals surface area (Å²) in [6, 6.07) is 6.06. The lowest BCUT2D eigenvalue weighted by Crippen LogP contribution is -1.89. The first-order valence-electron chi connectivity index (χ1n) is 3.49. The molecule has 0 saturated heterocycles. The molecule has 0 heterocycles. The van der Waals surface area contributed by atoms with Crippen LogP contribution in [0.3, 0.4) is 0 Å². The van der Waals surface area contributed by atoms with E-state index in [4.69, 9.17) is 0 Å². The molecular weight excluding hydrogens is 160 g/mol. The molecule has 0 amide bonds. The van der Waals surface area contributed by atoms with E-state index in [1.54, 1.807) is 12.1 Å². The van der Waals surface area contributed by atoms with Gasteiger partial charge in [0.1, 0.15) is 0 Å². The van der Waals surface area contributed by atoms with Gasteiger partial charge in [0.05, 0.1) is 0 Å². The highest BCUT2D eigenvalue weighted by atomic mass is 19.3. The minimum Gasteiger partial charge on any atom is -0.362 e. The Morgan fingerprint density at radius 1 is 1.42 bits per heavy atom. The van der Waals surface area contributed by atoms with Gasteiger partial charge in [0.25, 0.3) is 6.43 Å². The van der Waals surface area contributed by atoms with Crippen molar-refractivity contribution >= 4 is 5.69 Å². The van der Waals surface area contributed by atoms with Crippen molar-refractivity contribution in [2.24, 2.45) is 0 Å². The lowest BCUT2D eigenvalue weighted by atomic mass is 10.2. The molecule has 1 nitrogen and oxygen atoms in total. The van der Waals surface area contributed by atoms with Crippen LogP contribution >= 0.6 is 0 Å². The highest BCUT2D eigenvalue weighted by molar-refractivity contribution is 5.47. The van der Waals surface area contributed by atoms with E-state index >= 15 is 0 Å². The van der Waals surface area contributed by atoms with E-state index in [2.05, 4.69) is 11.9 Å². The molecule has 0 aliphatic rings. The molecule has 1 aromatic rings. The average Bonchev–Trinajstić information content (AvgIpc) is 2.05. The minimum absolute atomic E-state index is 0.0156. The zero-order valence-corrected chi connectivity index (χ0v) is 6.43. The molecule has 0 atom stereocenters. The molecule has 0 unspecified atom stereocenters. The Kier molecular flexibility index (Phi) is 2.80. The molecule has 1 rings (SSSR count). The summed E-state index contributed by atoms with van der Waals surface area (Å²) in [5, 5.41) is 2.73. The molecule has 0 aliphatic heterocycles. The first-order valence-corrected chi connectivity index (χ1v) is 3.49. The van der Waals surface area contributed by atoms with E-state index in [0.29, 0.717) is 5.69 Å². The second-order valence-corrected chi connectivity index (χ2v) is 2.27. The van der Waals surface area contributed by atoms with Crippen LogP contribution in [0.25, 0.3) is 0 Å². The van der Waals surface area contributed by atoms with Crippen LogP contribution in [0.15, 0.2) is 37.0 Å². The molecule has 1 N–H and O–H groups in total. The van der Waals surface area contributed by atoms with Gasteiger partial charge in [0, 0.05) is 11.3 Å². The first kappa shape index (κ1) is 8.71. The maximum Gasteiger partial charge on any atom is 0.263 e. The molecule has 0 aliphatic carbocycles. The molecule has 64 valence electrons. The van der Waals surface area contributed by atoms with Gasteiger partial charge in [-0.15, -0.1) is 0 Å². The fraction of sp³-hybridized carbons (Fsp3) is 0.111. The number of rotatable bonds is 3. The monoisotopic (exact) mass is 169 g/mol. The van der Waals surface area contributed by atoms with Crippen LogP contribution in [-0.4, -0.2) is 0 Å². The highest BCUT2D eigenvalue weighted by Gasteiger charge is 2.05. The number of nitrogens with one attached hydrogen (secondary N) is 1. The van der Waals surface area contributed by atoms with Crippen molar-refractivity contribution in [3.8, 4) is 0 Å². The number of hydrogen-bond acceptors (Lipinski definition) is 1. The zero-order chi connectivity index (χ0) is 8.97. The summed E-state index contributed by atoms with van der Waals surface area (Å²) in [6.45, 7) is 3.43. The molecule has 12 heavy (non-hydrogen) atoms. The quantitative estimate of drug-likeness (QED) is 0.732. The third kappa shape index (κ3) is 2.05. The van der Waals surface area contributed by atoms with Crippen molar-refractivity contribution in [1.82, 2.24) is 0 Å². The van der Waals surface area contributed by atoms with Gasteiger partial charge in [-0.1, -0.05) is 18.7 Å². The number of alkyl halides is 2. The topological polar surface area (TPSA) is 12.0 Å². The van der Waals surface area contributed by atoms with E-state index in [0.717, 1.165) is 0 Å². The Balaban J connectivity index is 2.87. The Bertz CT molecular complexity index is 271. The predicted molar refractivity (Wildman–Crippen MR) is 45.2 cm³/mol. The Labute approximate surface area is 69.7 Å². The van der Waals surface area contributed by atoms with Crippen LogP contribution in [0.1, 0.15) is 12.0 Å².